The number of hydrogen-bond donors (Lipinski definition) is 1. The van der Waals surface area contributed by atoms with E-state index >= 15 is 0 Å². The Morgan fingerprint density at radius 3 is 2.35 bits per heavy atom. The van der Waals surface area contributed by atoms with E-state index in [4.69, 9.17) is 0 Å². The maximum Gasteiger partial charge on any atom is 0.301 e. The fourth-order valence-electron chi connectivity index (χ4n) is 3.72. The zero-order chi connectivity index (χ0) is 21.5. The lowest BCUT2D eigenvalue weighted by atomic mass is 9.95. The molecule has 4 aromatic rings. The van der Waals surface area contributed by atoms with Crippen LogP contribution in [-0.4, -0.2) is 21.8 Å². The molecule has 1 atom stereocenters. The van der Waals surface area contributed by atoms with Crippen LogP contribution < -0.4 is 4.90 Å². The van der Waals surface area contributed by atoms with Gasteiger partial charge in [0.1, 0.15) is 11.6 Å². The molecule has 1 saturated heterocycles. The van der Waals surface area contributed by atoms with Crippen LogP contribution in [0.25, 0.3) is 16.0 Å². The van der Waals surface area contributed by atoms with Gasteiger partial charge in [-0.3, -0.25) is 14.5 Å². The van der Waals surface area contributed by atoms with Gasteiger partial charge >= 0.3 is 5.91 Å². The number of amides is 1. The number of hydrogen-bond acceptors (Lipinski definition) is 5. The number of halogens is 1. The Morgan fingerprint density at radius 2 is 1.65 bits per heavy atom. The average molecular weight is 430 g/mol. The van der Waals surface area contributed by atoms with Gasteiger partial charge < -0.3 is 5.11 Å². The minimum absolute atomic E-state index is 0.00663. The summed E-state index contributed by atoms with van der Waals surface area (Å²) < 4.78 is 14.2. The van der Waals surface area contributed by atoms with E-state index in [1.165, 1.54) is 23.1 Å². The van der Waals surface area contributed by atoms with E-state index in [1.807, 2.05) is 6.07 Å². The minimum Gasteiger partial charge on any atom is -0.507 e. The zero-order valence-electron chi connectivity index (χ0n) is 16.0. The Bertz CT molecular complexity index is 1350. The summed E-state index contributed by atoms with van der Waals surface area (Å²) in [6.45, 7) is 0. The van der Waals surface area contributed by atoms with Gasteiger partial charge in [-0.1, -0.05) is 72.0 Å². The second-order valence-corrected chi connectivity index (χ2v) is 8.06. The standard InChI is InChI=1S/C24H15FN2O3S/c25-16-11-12-17-18(13-16)31-24(26-17)27-20(14-7-3-1-4-8-14)19(22(29)23(27)30)21(28)15-9-5-2-6-10-15/h1-13,20,28H. The molecule has 5 rings (SSSR count). The summed E-state index contributed by atoms with van der Waals surface area (Å²) in [5, 5.41) is 11.3. The summed E-state index contributed by atoms with van der Waals surface area (Å²) in [7, 11) is 0. The number of nitrogens with zero attached hydrogens (tertiary/aromatic N) is 2. The van der Waals surface area contributed by atoms with Crippen LogP contribution in [0.1, 0.15) is 17.2 Å². The SMILES string of the molecule is O=C1C(=O)N(c2nc3ccc(F)cc3s2)C(c2ccccc2)C1=C(O)c1ccccc1. The third kappa shape index (κ3) is 3.19. The van der Waals surface area contributed by atoms with E-state index in [1.54, 1.807) is 54.6 Å². The molecular weight excluding hydrogens is 415 g/mol. The molecule has 5 nitrogen and oxygen atoms in total. The van der Waals surface area contributed by atoms with Crippen LogP contribution in [0.5, 0.6) is 0 Å². The molecule has 1 aliphatic rings. The Hall–Kier alpha value is -3.84. The molecule has 0 spiro atoms. The van der Waals surface area contributed by atoms with Crippen molar-refractivity contribution in [3.8, 4) is 0 Å². The van der Waals surface area contributed by atoms with Crippen LogP contribution in [0.2, 0.25) is 0 Å². The maximum absolute atomic E-state index is 13.7. The molecule has 2 heterocycles. The summed E-state index contributed by atoms with van der Waals surface area (Å²) in [6.07, 6.45) is 0. The van der Waals surface area contributed by atoms with Crippen LogP contribution in [0.3, 0.4) is 0 Å². The lowest BCUT2D eigenvalue weighted by Gasteiger charge is -2.22. The van der Waals surface area contributed by atoms with Gasteiger partial charge in [0.05, 0.1) is 21.8 Å². The van der Waals surface area contributed by atoms with Crippen molar-refractivity contribution in [1.82, 2.24) is 4.98 Å². The molecule has 152 valence electrons. The quantitative estimate of drug-likeness (QED) is 0.280. The van der Waals surface area contributed by atoms with Gasteiger partial charge in [-0.2, -0.15) is 0 Å². The van der Waals surface area contributed by atoms with Crippen LogP contribution in [-0.2, 0) is 9.59 Å². The first kappa shape index (κ1) is 19.1. The second kappa shape index (κ2) is 7.45. The van der Waals surface area contributed by atoms with Gasteiger partial charge in [0, 0.05) is 5.56 Å². The van der Waals surface area contributed by atoms with E-state index < -0.39 is 23.5 Å². The third-order valence-corrected chi connectivity index (χ3v) is 6.17. The van der Waals surface area contributed by atoms with Gasteiger partial charge in [-0.15, -0.1) is 0 Å². The van der Waals surface area contributed by atoms with Crippen LogP contribution >= 0.6 is 11.3 Å². The summed E-state index contributed by atoms with van der Waals surface area (Å²) >= 11 is 1.12. The summed E-state index contributed by atoms with van der Waals surface area (Å²) in [5.41, 5.74) is 1.61. The van der Waals surface area contributed by atoms with Gasteiger partial charge in [0.25, 0.3) is 5.78 Å². The average Bonchev–Trinajstić information content (AvgIpc) is 3.32. The molecule has 0 bridgehead atoms. The smallest absolute Gasteiger partial charge is 0.301 e. The predicted molar refractivity (Wildman–Crippen MR) is 117 cm³/mol. The van der Waals surface area contributed by atoms with E-state index in [2.05, 4.69) is 4.98 Å². The first-order valence-electron chi connectivity index (χ1n) is 9.52. The molecule has 1 unspecified atom stereocenters. The lowest BCUT2D eigenvalue weighted by Crippen LogP contribution is -2.29. The van der Waals surface area contributed by atoms with Crippen LogP contribution in [0.15, 0.2) is 84.4 Å². The molecule has 0 radical (unpaired) electrons. The molecule has 3 aromatic carbocycles. The van der Waals surface area contributed by atoms with E-state index in [9.17, 15) is 19.1 Å². The predicted octanol–water partition coefficient (Wildman–Crippen LogP) is 5.06. The Labute approximate surface area is 180 Å². The first-order chi connectivity index (χ1) is 15.0. The summed E-state index contributed by atoms with van der Waals surface area (Å²) in [5.74, 6) is -2.23. The topological polar surface area (TPSA) is 70.5 Å². The van der Waals surface area contributed by atoms with Crippen molar-refractivity contribution in [2.75, 3.05) is 4.90 Å². The number of thiazole rings is 1. The molecule has 1 fully saturated rings. The van der Waals surface area contributed by atoms with Crippen molar-refractivity contribution < 1.29 is 19.1 Å². The molecule has 0 aliphatic carbocycles. The third-order valence-electron chi connectivity index (χ3n) is 5.15. The van der Waals surface area contributed by atoms with Crippen molar-refractivity contribution in [3.63, 3.8) is 0 Å². The highest BCUT2D eigenvalue weighted by atomic mass is 32.1. The zero-order valence-corrected chi connectivity index (χ0v) is 16.8. The highest BCUT2D eigenvalue weighted by Gasteiger charge is 2.48. The van der Waals surface area contributed by atoms with Crippen molar-refractivity contribution in [2.45, 2.75) is 6.04 Å². The van der Waals surface area contributed by atoms with Crippen molar-refractivity contribution >= 4 is 44.1 Å². The monoisotopic (exact) mass is 430 g/mol. The van der Waals surface area contributed by atoms with Crippen LogP contribution in [0.4, 0.5) is 9.52 Å². The number of aliphatic hydroxyl groups is 1. The van der Waals surface area contributed by atoms with Gasteiger partial charge in [-0.05, 0) is 23.8 Å². The second-order valence-electron chi connectivity index (χ2n) is 7.05. The van der Waals surface area contributed by atoms with Crippen LogP contribution in [0, 0.1) is 5.82 Å². The number of benzene rings is 3. The number of carbonyl (C=O) groups is 2. The number of ketones is 1. The Kier molecular flexibility index (Phi) is 4.60. The summed E-state index contributed by atoms with van der Waals surface area (Å²) in [4.78, 5) is 31.9. The number of aliphatic hydroxyl groups excluding tert-OH is 1. The highest BCUT2D eigenvalue weighted by Crippen LogP contribution is 2.44. The minimum atomic E-state index is -0.855. The number of rotatable bonds is 3. The fourth-order valence-corrected chi connectivity index (χ4v) is 4.74. The van der Waals surface area contributed by atoms with E-state index in [0.717, 1.165) is 11.3 Å². The molecule has 1 N–H and O–H groups in total. The van der Waals surface area contributed by atoms with Crippen molar-refractivity contribution in [1.29, 1.82) is 0 Å². The van der Waals surface area contributed by atoms with Gasteiger partial charge in [-0.25, -0.2) is 9.37 Å². The molecule has 1 amide bonds. The van der Waals surface area contributed by atoms with Crippen molar-refractivity contribution in [2.24, 2.45) is 0 Å². The lowest BCUT2D eigenvalue weighted by molar-refractivity contribution is -0.132. The summed E-state index contributed by atoms with van der Waals surface area (Å²) in [6, 6.07) is 20.9. The number of aromatic nitrogens is 1. The molecule has 7 heteroatoms. The number of anilines is 1. The molecule has 1 aliphatic heterocycles. The Balaban J connectivity index is 1.73. The van der Waals surface area contributed by atoms with E-state index in [-0.39, 0.29) is 16.5 Å². The van der Waals surface area contributed by atoms with Gasteiger partial charge in [0.2, 0.25) is 0 Å². The maximum atomic E-state index is 13.7. The molecule has 0 saturated carbocycles. The van der Waals surface area contributed by atoms with E-state index in [0.29, 0.717) is 21.3 Å². The normalized spacial score (nSPS) is 18.1. The molecule has 31 heavy (non-hydrogen) atoms. The van der Waals surface area contributed by atoms with Gasteiger partial charge in [0.15, 0.2) is 5.13 Å². The first-order valence-corrected chi connectivity index (χ1v) is 10.3. The Morgan fingerprint density at radius 1 is 0.968 bits per heavy atom. The largest absolute Gasteiger partial charge is 0.507 e. The number of fused-ring (bicyclic) bond motifs is 1. The van der Waals surface area contributed by atoms with Crippen molar-refractivity contribution in [3.05, 3.63) is 101 Å². The number of carbonyl (C=O) groups excluding carboxylic acids is 2. The molecule has 1 aromatic heterocycles. The molecular formula is C24H15FN2O3S. The number of Topliss-reactive ketones (excluding diaryl/α,β-unsaturated/α-hetero) is 1. The highest BCUT2D eigenvalue weighted by molar-refractivity contribution is 7.22. The fraction of sp³-hybridized carbons (Fsp3) is 0.0417.